The van der Waals surface area contributed by atoms with Crippen molar-refractivity contribution in [2.24, 2.45) is 0 Å². The van der Waals surface area contributed by atoms with Crippen molar-refractivity contribution >= 4 is 35.6 Å². The Kier molecular flexibility index (Phi) is 8.15. The number of anilines is 2. The molecule has 0 radical (unpaired) electrons. The topological polar surface area (TPSA) is 93.5 Å². The molecule has 0 atom stereocenters. The van der Waals surface area contributed by atoms with Crippen LogP contribution in [0.2, 0.25) is 0 Å². The molecule has 0 aliphatic heterocycles. The van der Waals surface area contributed by atoms with Crippen molar-refractivity contribution in [1.29, 1.82) is 0 Å². The van der Waals surface area contributed by atoms with Crippen LogP contribution in [0.25, 0.3) is 0 Å². The molecule has 0 aromatic heterocycles. The highest BCUT2D eigenvalue weighted by Gasteiger charge is 2.06. The first-order valence-corrected chi connectivity index (χ1v) is 6.07. The van der Waals surface area contributed by atoms with Crippen LogP contribution < -0.4 is 21.1 Å². The van der Waals surface area contributed by atoms with Crippen molar-refractivity contribution < 1.29 is 14.3 Å². The van der Waals surface area contributed by atoms with E-state index >= 15 is 0 Å². The molecule has 6 nitrogen and oxygen atoms in total. The number of nitrogens with one attached hydrogen (secondary N) is 2. The second-order valence-electron chi connectivity index (χ2n) is 4.03. The SMILES string of the molecule is CCCC(=O)NCC(=O)Nc1ccc(OC)c(N)c1.Cl. The minimum absolute atomic E-state index is 0. The van der Waals surface area contributed by atoms with Crippen LogP contribution >= 0.6 is 12.4 Å². The third-order valence-electron chi connectivity index (χ3n) is 2.44. The minimum Gasteiger partial charge on any atom is -0.495 e. The Bertz CT molecular complexity index is 466. The molecule has 20 heavy (non-hydrogen) atoms. The Hall–Kier alpha value is -1.95. The van der Waals surface area contributed by atoms with Crippen LogP contribution in [0.3, 0.4) is 0 Å². The molecular formula is C13H20ClN3O3. The fourth-order valence-electron chi connectivity index (χ4n) is 1.51. The van der Waals surface area contributed by atoms with Gasteiger partial charge in [0.2, 0.25) is 11.8 Å². The molecule has 0 spiro atoms. The molecule has 1 aromatic rings. The predicted octanol–water partition coefficient (Wildman–Crippen LogP) is 1.55. The summed E-state index contributed by atoms with van der Waals surface area (Å²) in [6, 6.07) is 4.95. The van der Waals surface area contributed by atoms with Gasteiger partial charge in [0.05, 0.1) is 19.3 Å². The first kappa shape index (κ1) is 18.0. The molecule has 0 fully saturated rings. The second kappa shape index (κ2) is 9.03. The van der Waals surface area contributed by atoms with Crippen molar-refractivity contribution in [2.45, 2.75) is 19.8 Å². The van der Waals surface area contributed by atoms with Gasteiger partial charge in [-0.05, 0) is 24.6 Å². The number of nitrogen functional groups attached to an aromatic ring is 1. The maximum Gasteiger partial charge on any atom is 0.243 e. The van der Waals surface area contributed by atoms with Crippen LogP contribution in [-0.4, -0.2) is 25.5 Å². The summed E-state index contributed by atoms with van der Waals surface area (Å²) in [6.07, 6.45) is 1.17. The van der Waals surface area contributed by atoms with E-state index in [4.69, 9.17) is 10.5 Å². The van der Waals surface area contributed by atoms with Crippen molar-refractivity contribution in [3.63, 3.8) is 0 Å². The van der Waals surface area contributed by atoms with E-state index < -0.39 is 0 Å². The van der Waals surface area contributed by atoms with E-state index in [0.29, 0.717) is 23.5 Å². The Morgan fingerprint density at radius 2 is 2.00 bits per heavy atom. The molecule has 0 aliphatic carbocycles. The van der Waals surface area contributed by atoms with Gasteiger partial charge in [0.25, 0.3) is 0 Å². The zero-order chi connectivity index (χ0) is 14.3. The van der Waals surface area contributed by atoms with Crippen LogP contribution in [0.15, 0.2) is 18.2 Å². The largest absolute Gasteiger partial charge is 0.495 e. The maximum absolute atomic E-state index is 11.6. The summed E-state index contributed by atoms with van der Waals surface area (Å²) in [4.78, 5) is 22.8. The van der Waals surface area contributed by atoms with Gasteiger partial charge in [-0.15, -0.1) is 12.4 Å². The summed E-state index contributed by atoms with van der Waals surface area (Å²) < 4.78 is 5.02. The average Bonchev–Trinajstić information content (AvgIpc) is 2.37. The summed E-state index contributed by atoms with van der Waals surface area (Å²) in [6.45, 7) is 1.85. The zero-order valence-corrected chi connectivity index (χ0v) is 12.4. The number of carbonyl (C=O) groups is 2. The molecule has 0 bridgehead atoms. The fourth-order valence-corrected chi connectivity index (χ4v) is 1.51. The maximum atomic E-state index is 11.6. The van der Waals surface area contributed by atoms with Crippen LogP contribution in [0.1, 0.15) is 19.8 Å². The summed E-state index contributed by atoms with van der Waals surface area (Å²) in [5.41, 5.74) is 6.73. The molecular weight excluding hydrogens is 282 g/mol. The fraction of sp³-hybridized carbons (Fsp3) is 0.385. The lowest BCUT2D eigenvalue weighted by atomic mass is 10.2. The van der Waals surface area contributed by atoms with Crippen molar-refractivity contribution in [2.75, 3.05) is 24.7 Å². The van der Waals surface area contributed by atoms with Gasteiger partial charge in [0, 0.05) is 12.1 Å². The van der Waals surface area contributed by atoms with Gasteiger partial charge in [-0.25, -0.2) is 0 Å². The lowest BCUT2D eigenvalue weighted by molar-refractivity contribution is -0.124. The summed E-state index contributed by atoms with van der Waals surface area (Å²) in [5.74, 6) is 0.121. The van der Waals surface area contributed by atoms with Crippen LogP contribution in [0, 0.1) is 0 Å². The number of halogens is 1. The zero-order valence-electron chi connectivity index (χ0n) is 11.6. The van der Waals surface area contributed by atoms with Crippen LogP contribution in [0.4, 0.5) is 11.4 Å². The highest BCUT2D eigenvalue weighted by atomic mass is 35.5. The van der Waals surface area contributed by atoms with Gasteiger partial charge in [-0.3, -0.25) is 9.59 Å². The quantitative estimate of drug-likeness (QED) is 0.695. The molecule has 0 saturated carbocycles. The smallest absolute Gasteiger partial charge is 0.243 e. The standard InChI is InChI=1S/C13H19N3O3.ClH/c1-3-4-12(17)15-8-13(18)16-9-5-6-11(19-2)10(14)7-9;/h5-7H,3-4,8,14H2,1-2H3,(H,15,17)(H,16,18);1H. The highest BCUT2D eigenvalue weighted by molar-refractivity contribution is 5.95. The number of hydrogen-bond donors (Lipinski definition) is 3. The Balaban J connectivity index is 0.00000361. The van der Waals surface area contributed by atoms with Crippen molar-refractivity contribution in [3.8, 4) is 5.75 Å². The number of amides is 2. The van der Waals surface area contributed by atoms with E-state index in [1.807, 2.05) is 6.92 Å². The number of benzene rings is 1. The lowest BCUT2D eigenvalue weighted by Gasteiger charge is -2.09. The summed E-state index contributed by atoms with van der Waals surface area (Å²) >= 11 is 0. The number of methoxy groups -OCH3 is 1. The Morgan fingerprint density at radius 1 is 1.30 bits per heavy atom. The first-order valence-electron chi connectivity index (χ1n) is 6.07. The van der Waals surface area contributed by atoms with E-state index in [9.17, 15) is 9.59 Å². The summed E-state index contributed by atoms with van der Waals surface area (Å²) in [7, 11) is 1.52. The molecule has 0 aliphatic rings. The molecule has 112 valence electrons. The number of nitrogens with two attached hydrogens (primary N) is 1. The Morgan fingerprint density at radius 3 is 2.55 bits per heavy atom. The molecule has 4 N–H and O–H groups in total. The Labute approximate surface area is 124 Å². The average molecular weight is 302 g/mol. The molecule has 1 rings (SSSR count). The minimum atomic E-state index is -0.297. The van der Waals surface area contributed by atoms with Crippen LogP contribution in [-0.2, 0) is 9.59 Å². The second-order valence-corrected chi connectivity index (χ2v) is 4.03. The van der Waals surface area contributed by atoms with Gasteiger partial charge in [-0.1, -0.05) is 6.92 Å². The molecule has 0 saturated heterocycles. The number of ether oxygens (including phenoxy) is 1. The van der Waals surface area contributed by atoms with Gasteiger partial charge >= 0.3 is 0 Å². The number of rotatable bonds is 6. The third kappa shape index (κ3) is 5.79. The monoisotopic (exact) mass is 301 g/mol. The van der Waals surface area contributed by atoms with E-state index in [1.54, 1.807) is 18.2 Å². The molecule has 2 amide bonds. The van der Waals surface area contributed by atoms with E-state index in [0.717, 1.165) is 6.42 Å². The predicted molar refractivity (Wildman–Crippen MR) is 81.2 cm³/mol. The van der Waals surface area contributed by atoms with Gasteiger partial charge < -0.3 is 21.1 Å². The normalized spacial score (nSPS) is 9.30. The highest BCUT2D eigenvalue weighted by Crippen LogP contribution is 2.24. The number of carbonyl (C=O) groups excluding carboxylic acids is 2. The number of hydrogen-bond acceptors (Lipinski definition) is 4. The van der Waals surface area contributed by atoms with Crippen molar-refractivity contribution in [3.05, 3.63) is 18.2 Å². The first-order chi connectivity index (χ1) is 9.06. The third-order valence-corrected chi connectivity index (χ3v) is 2.44. The van der Waals surface area contributed by atoms with Gasteiger partial charge in [-0.2, -0.15) is 0 Å². The van der Waals surface area contributed by atoms with E-state index in [2.05, 4.69) is 10.6 Å². The summed E-state index contributed by atoms with van der Waals surface area (Å²) in [5, 5.41) is 5.18. The van der Waals surface area contributed by atoms with E-state index in [-0.39, 0.29) is 30.8 Å². The van der Waals surface area contributed by atoms with Gasteiger partial charge in [0.15, 0.2) is 0 Å². The molecule has 0 heterocycles. The van der Waals surface area contributed by atoms with Crippen molar-refractivity contribution in [1.82, 2.24) is 5.32 Å². The van der Waals surface area contributed by atoms with E-state index in [1.165, 1.54) is 7.11 Å². The van der Waals surface area contributed by atoms with Crippen LogP contribution in [0.5, 0.6) is 5.75 Å². The van der Waals surface area contributed by atoms with Gasteiger partial charge in [0.1, 0.15) is 5.75 Å². The molecule has 7 heteroatoms. The molecule has 1 aromatic carbocycles. The molecule has 0 unspecified atom stereocenters. The lowest BCUT2D eigenvalue weighted by Crippen LogP contribution is -2.32.